The highest BCUT2D eigenvalue weighted by molar-refractivity contribution is 6.17. The molecule has 68 valence electrons. The molecule has 0 fully saturated rings. The molecule has 3 nitrogen and oxygen atoms in total. The molecule has 5 heteroatoms. The van der Waals surface area contributed by atoms with Crippen molar-refractivity contribution in [3.63, 3.8) is 0 Å². The van der Waals surface area contributed by atoms with Crippen molar-refractivity contribution in [2.24, 2.45) is 0 Å². The summed E-state index contributed by atoms with van der Waals surface area (Å²) in [6.45, 7) is 0.625. The highest BCUT2D eigenvalue weighted by atomic mass is 28.1. The van der Waals surface area contributed by atoms with E-state index in [-0.39, 0.29) is 0 Å². The molecule has 0 bridgehead atoms. The SMILES string of the molecule is O=C(OC/C=C\[SiH3])OC/C=C\[SiH3]. The van der Waals surface area contributed by atoms with Gasteiger partial charge in [-0.25, -0.2) is 4.79 Å². The molecule has 0 aliphatic carbocycles. The van der Waals surface area contributed by atoms with E-state index < -0.39 is 6.16 Å². The van der Waals surface area contributed by atoms with Gasteiger partial charge >= 0.3 is 6.16 Å². The summed E-state index contributed by atoms with van der Waals surface area (Å²) in [5.74, 6) is 0. The van der Waals surface area contributed by atoms with Crippen LogP contribution in [0.5, 0.6) is 0 Å². The maximum atomic E-state index is 10.7. The number of carbonyl (C=O) groups excluding carboxylic acids is 1. The monoisotopic (exact) mass is 202 g/mol. The van der Waals surface area contributed by atoms with Gasteiger partial charge in [0.2, 0.25) is 0 Å². The van der Waals surface area contributed by atoms with Gasteiger partial charge < -0.3 is 9.47 Å². The average Bonchev–Trinajstić information content (AvgIpc) is 2.06. The third-order valence-corrected chi connectivity index (χ3v) is 2.01. The van der Waals surface area contributed by atoms with Crippen LogP contribution < -0.4 is 0 Å². The highest BCUT2D eigenvalue weighted by Gasteiger charge is 1.98. The number of ether oxygens (including phenoxy) is 2. The normalized spacial score (nSPS) is 11.3. The average molecular weight is 202 g/mol. The van der Waals surface area contributed by atoms with Crippen LogP contribution in [0.15, 0.2) is 23.6 Å². The van der Waals surface area contributed by atoms with Gasteiger partial charge in [-0.3, -0.25) is 0 Å². The molecule has 0 aromatic heterocycles. The van der Waals surface area contributed by atoms with E-state index >= 15 is 0 Å². The van der Waals surface area contributed by atoms with Crippen LogP contribution in [0, 0.1) is 0 Å². The van der Waals surface area contributed by atoms with E-state index in [1.54, 1.807) is 12.2 Å². The van der Waals surface area contributed by atoms with E-state index in [4.69, 9.17) is 0 Å². The van der Waals surface area contributed by atoms with Crippen molar-refractivity contribution < 1.29 is 14.3 Å². The van der Waals surface area contributed by atoms with Crippen LogP contribution in [0.25, 0.3) is 0 Å². The summed E-state index contributed by atoms with van der Waals surface area (Å²) in [5.41, 5.74) is 3.90. The molecular formula is C7H14O3Si2. The van der Waals surface area contributed by atoms with Gasteiger partial charge in [-0.05, 0) is 0 Å². The van der Waals surface area contributed by atoms with E-state index in [2.05, 4.69) is 9.47 Å². The molecule has 0 amide bonds. The topological polar surface area (TPSA) is 35.5 Å². The van der Waals surface area contributed by atoms with Crippen molar-refractivity contribution in [1.29, 1.82) is 0 Å². The zero-order chi connectivity index (χ0) is 9.23. The van der Waals surface area contributed by atoms with Gasteiger partial charge in [0, 0.05) is 20.5 Å². The largest absolute Gasteiger partial charge is 0.508 e. The van der Waals surface area contributed by atoms with E-state index in [9.17, 15) is 4.79 Å². The summed E-state index contributed by atoms with van der Waals surface area (Å²) in [6.07, 6.45) is 3.00. The van der Waals surface area contributed by atoms with Crippen LogP contribution in [-0.2, 0) is 9.47 Å². The molecule has 0 aliphatic rings. The van der Waals surface area contributed by atoms with Gasteiger partial charge in [0.1, 0.15) is 13.2 Å². The van der Waals surface area contributed by atoms with Crippen molar-refractivity contribution in [2.75, 3.05) is 13.2 Å². The lowest BCUT2D eigenvalue weighted by molar-refractivity contribution is 0.0718. The fourth-order valence-electron chi connectivity index (χ4n) is 0.466. The third kappa shape index (κ3) is 7.29. The van der Waals surface area contributed by atoms with E-state index in [0.29, 0.717) is 13.2 Å². The lowest BCUT2D eigenvalue weighted by atomic mass is 10.7. The van der Waals surface area contributed by atoms with E-state index in [1.807, 2.05) is 11.4 Å². The maximum absolute atomic E-state index is 10.7. The third-order valence-electron chi connectivity index (χ3n) is 1.07. The summed E-state index contributed by atoms with van der Waals surface area (Å²) in [6, 6.07) is 0. The Balaban J connectivity index is 3.33. The fourth-order valence-corrected chi connectivity index (χ4v) is 0.851. The Kier molecular flexibility index (Phi) is 7.72. The maximum Gasteiger partial charge on any atom is 0.508 e. The van der Waals surface area contributed by atoms with Crippen LogP contribution in [-0.4, -0.2) is 39.9 Å². The molecule has 0 saturated heterocycles. The summed E-state index contributed by atoms with van der Waals surface area (Å²) >= 11 is 0. The molecule has 0 radical (unpaired) electrons. The minimum atomic E-state index is -0.602. The Labute approximate surface area is 78.3 Å². The van der Waals surface area contributed by atoms with Crippen LogP contribution in [0.2, 0.25) is 0 Å². The van der Waals surface area contributed by atoms with Crippen molar-refractivity contribution in [3.05, 3.63) is 23.6 Å². The quantitative estimate of drug-likeness (QED) is 0.429. The number of rotatable bonds is 4. The van der Waals surface area contributed by atoms with Crippen LogP contribution in [0.1, 0.15) is 0 Å². The molecule has 0 atom stereocenters. The highest BCUT2D eigenvalue weighted by Crippen LogP contribution is 1.86. The van der Waals surface area contributed by atoms with Gasteiger partial charge in [0.25, 0.3) is 0 Å². The fraction of sp³-hybridized carbons (Fsp3) is 0.286. The second-order valence-corrected chi connectivity index (χ2v) is 3.34. The second-order valence-electron chi connectivity index (χ2n) is 2.01. The molecule has 0 aromatic rings. The first-order chi connectivity index (χ1) is 5.81. The first kappa shape index (κ1) is 11.2. The summed E-state index contributed by atoms with van der Waals surface area (Å²) in [4.78, 5) is 10.7. The van der Waals surface area contributed by atoms with Gasteiger partial charge in [-0.15, -0.1) is 11.4 Å². The van der Waals surface area contributed by atoms with Crippen molar-refractivity contribution in [3.8, 4) is 0 Å². The van der Waals surface area contributed by atoms with Crippen molar-refractivity contribution in [2.45, 2.75) is 0 Å². The van der Waals surface area contributed by atoms with Crippen molar-refractivity contribution >= 4 is 26.6 Å². The Morgan fingerprint density at radius 1 is 1.08 bits per heavy atom. The van der Waals surface area contributed by atoms with Gasteiger partial charge in [0.15, 0.2) is 0 Å². The minimum absolute atomic E-state index is 0.312. The molecule has 0 unspecified atom stereocenters. The van der Waals surface area contributed by atoms with Crippen LogP contribution in [0.4, 0.5) is 4.79 Å². The van der Waals surface area contributed by atoms with Gasteiger partial charge in [-0.1, -0.05) is 12.2 Å². The Morgan fingerprint density at radius 2 is 1.50 bits per heavy atom. The lowest BCUT2D eigenvalue weighted by Crippen LogP contribution is -2.07. The zero-order valence-electron chi connectivity index (χ0n) is 7.45. The number of hydrogen-bond acceptors (Lipinski definition) is 3. The standard InChI is InChI=1S/C7H14O3Si2/c8-7(9-3-1-5-11)10-4-2-6-12/h1-2,5-6H,3-4H2,11-12H3/b5-1-,6-2-. The van der Waals surface area contributed by atoms with E-state index in [1.165, 1.54) is 0 Å². The molecular weight excluding hydrogens is 188 g/mol. The number of carbonyl (C=O) groups is 1. The smallest absolute Gasteiger partial charge is 0.430 e. The predicted octanol–water partition coefficient (Wildman–Crippen LogP) is -1.10. The Morgan fingerprint density at radius 3 is 1.83 bits per heavy atom. The molecule has 0 aromatic carbocycles. The molecule has 0 saturated carbocycles. The summed E-state index contributed by atoms with van der Waals surface area (Å²) in [7, 11) is 1.97. The molecule has 0 rings (SSSR count). The Bertz CT molecular complexity index is 159. The van der Waals surface area contributed by atoms with Crippen LogP contribution in [0.3, 0.4) is 0 Å². The van der Waals surface area contributed by atoms with Gasteiger partial charge in [0.05, 0.1) is 0 Å². The molecule has 0 aliphatic heterocycles. The molecule has 0 N–H and O–H groups in total. The zero-order valence-corrected chi connectivity index (χ0v) is 11.4. The number of hydrogen-bond donors (Lipinski definition) is 0. The van der Waals surface area contributed by atoms with Crippen molar-refractivity contribution in [1.82, 2.24) is 0 Å². The summed E-state index contributed by atoms with van der Waals surface area (Å²) in [5, 5.41) is 0. The Hall–Kier alpha value is -0.816. The minimum Gasteiger partial charge on any atom is -0.430 e. The second kappa shape index (κ2) is 8.28. The molecule has 0 spiro atoms. The van der Waals surface area contributed by atoms with Gasteiger partial charge in [-0.2, -0.15) is 0 Å². The lowest BCUT2D eigenvalue weighted by Gasteiger charge is -2.00. The first-order valence-electron chi connectivity index (χ1n) is 3.83. The molecule has 12 heavy (non-hydrogen) atoms. The summed E-state index contributed by atoms with van der Waals surface area (Å²) < 4.78 is 9.36. The van der Waals surface area contributed by atoms with E-state index in [0.717, 1.165) is 20.5 Å². The molecule has 0 heterocycles. The predicted molar refractivity (Wildman–Crippen MR) is 55.5 cm³/mol. The first-order valence-corrected chi connectivity index (χ1v) is 6.14. The van der Waals surface area contributed by atoms with Crippen LogP contribution >= 0.6 is 0 Å².